The Balaban J connectivity index is 1.86. The summed E-state index contributed by atoms with van der Waals surface area (Å²) in [5.41, 5.74) is 1.47. The molecule has 0 radical (unpaired) electrons. The maximum Gasteiger partial charge on any atom is 0.335 e. The quantitative estimate of drug-likeness (QED) is 0.524. The van der Waals surface area contributed by atoms with Crippen molar-refractivity contribution in [3.8, 4) is 5.75 Å². The van der Waals surface area contributed by atoms with Gasteiger partial charge in [0.2, 0.25) is 0 Å². The Morgan fingerprint density at radius 1 is 1.24 bits per heavy atom. The molecule has 29 heavy (non-hydrogen) atoms. The first-order valence-electron chi connectivity index (χ1n) is 9.31. The van der Waals surface area contributed by atoms with Crippen molar-refractivity contribution in [1.82, 2.24) is 4.90 Å². The number of amides is 1. The molecule has 0 aromatic heterocycles. The normalized spacial score (nSPS) is 16.6. The smallest absolute Gasteiger partial charge is 0.335 e. The van der Waals surface area contributed by atoms with Gasteiger partial charge in [0.05, 0.1) is 22.8 Å². The molecule has 1 aliphatic heterocycles. The summed E-state index contributed by atoms with van der Waals surface area (Å²) in [6.07, 6.45) is 3.82. The highest BCUT2D eigenvalue weighted by Crippen LogP contribution is 2.34. The van der Waals surface area contributed by atoms with Crippen molar-refractivity contribution >= 4 is 40.6 Å². The number of aromatic carboxylic acids is 1. The van der Waals surface area contributed by atoms with Crippen LogP contribution in [0.1, 0.15) is 35.7 Å². The molecule has 0 bridgehead atoms. The number of unbranched alkanes of at least 4 members (excludes halogenated alkanes) is 1. The summed E-state index contributed by atoms with van der Waals surface area (Å²) in [5.74, 6) is -0.439. The number of thioether (sulfide) groups is 1. The second-order valence-corrected chi connectivity index (χ2v) is 7.47. The van der Waals surface area contributed by atoms with Crippen LogP contribution in [0.3, 0.4) is 0 Å². The van der Waals surface area contributed by atoms with Gasteiger partial charge in [-0.1, -0.05) is 37.6 Å². The summed E-state index contributed by atoms with van der Waals surface area (Å²) in [4.78, 5) is 30.3. The third-order valence-corrected chi connectivity index (χ3v) is 5.34. The van der Waals surface area contributed by atoms with E-state index in [4.69, 9.17) is 9.84 Å². The van der Waals surface area contributed by atoms with Crippen molar-refractivity contribution in [2.45, 2.75) is 19.8 Å². The largest absolute Gasteiger partial charge is 0.493 e. The van der Waals surface area contributed by atoms with Crippen LogP contribution >= 0.6 is 11.8 Å². The van der Waals surface area contributed by atoms with Crippen LogP contribution in [0.5, 0.6) is 5.75 Å². The van der Waals surface area contributed by atoms with Crippen molar-refractivity contribution in [2.24, 2.45) is 4.99 Å². The molecule has 0 saturated carbocycles. The van der Waals surface area contributed by atoms with Crippen molar-refractivity contribution < 1.29 is 19.4 Å². The topological polar surface area (TPSA) is 79.2 Å². The number of hydrogen-bond acceptors (Lipinski definition) is 5. The zero-order valence-electron chi connectivity index (χ0n) is 16.3. The molecule has 0 unspecified atom stereocenters. The number of amidine groups is 1. The Morgan fingerprint density at radius 3 is 2.79 bits per heavy atom. The number of nitrogens with zero attached hydrogens (tertiary/aromatic N) is 2. The molecule has 1 amide bonds. The van der Waals surface area contributed by atoms with Crippen molar-refractivity contribution in [2.75, 3.05) is 13.7 Å². The second kappa shape index (κ2) is 9.43. The van der Waals surface area contributed by atoms with E-state index in [1.807, 2.05) is 24.3 Å². The first-order valence-corrected chi connectivity index (χ1v) is 10.1. The van der Waals surface area contributed by atoms with Crippen LogP contribution in [0.4, 0.5) is 5.69 Å². The molecular formula is C22H22N2O4S. The molecule has 2 aromatic carbocycles. The number of ether oxygens (including phenoxy) is 1. The highest BCUT2D eigenvalue weighted by Gasteiger charge is 2.30. The Kier molecular flexibility index (Phi) is 6.72. The van der Waals surface area contributed by atoms with Crippen LogP contribution in [0.25, 0.3) is 6.08 Å². The molecule has 150 valence electrons. The summed E-state index contributed by atoms with van der Waals surface area (Å²) in [6, 6.07) is 13.9. The van der Waals surface area contributed by atoms with Crippen LogP contribution in [0.15, 0.2) is 58.4 Å². The molecule has 1 N–H and O–H groups in total. The Bertz CT molecular complexity index is 984. The van der Waals surface area contributed by atoms with E-state index >= 15 is 0 Å². The number of carbonyl (C=O) groups is 2. The third-order valence-electron chi connectivity index (χ3n) is 4.28. The summed E-state index contributed by atoms with van der Waals surface area (Å²) in [5, 5.41) is 9.63. The molecule has 0 aliphatic carbocycles. The molecule has 1 saturated heterocycles. The van der Waals surface area contributed by atoms with E-state index in [-0.39, 0.29) is 11.5 Å². The van der Waals surface area contributed by atoms with Gasteiger partial charge in [-0.2, -0.15) is 0 Å². The molecule has 7 heteroatoms. The number of rotatable bonds is 7. The van der Waals surface area contributed by atoms with Gasteiger partial charge < -0.3 is 9.84 Å². The predicted molar refractivity (Wildman–Crippen MR) is 116 cm³/mol. The van der Waals surface area contributed by atoms with E-state index in [0.29, 0.717) is 22.4 Å². The first kappa shape index (κ1) is 20.7. The van der Waals surface area contributed by atoms with E-state index in [9.17, 15) is 9.59 Å². The highest BCUT2D eigenvalue weighted by atomic mass is 32.2. The minimum atomic E-state index is -1.02. The van der Waals surface area contributed by atoms with Gasteiger partial charge in [0.15, 0.2) is 5.17 Å². The summed E-state index contributed by atoms with van der Waals surface area (Å²) in [6.45, 7) is 2.73. The number of aliphatic imine (C=N–C) groups is 1. The lowest BCUT2D eigenvalue weighted by Crippen LogP contribution is -2.23. The summed E-state index contributed by atoms with van der Waals surface area (Å²) < 4.78 is 5.84. The van der Waals surface area contributed by atoms with E-state index in [0.717, 1.165) is 24.2 Å². The maximum atomic E-state index is 12.7. The van der Waals surface area contributed by atoms with E-state index < -0.39 is 5.97 Å². The summed E-state index contributed by atoms with van der Waals surface area (Å²) in [7, 11) is 1.65. The van der Waals surface area contributed by atoms with E-state index in [1.54, 1.807) is 25.3 Å². The molecule has 0 spiro atoms. The molecule has 2 aromatic rings. The Hall–Kier alpha value is -3.06. The van der Waals surface area contributed by atoms with Gasteiger partial charge >= 0.3 is 5.97 Å². The van der Waals surface area contributed by atoms with Gasteiger partial charge in [-0.15, -0.1) is 0 Å². The molecule has 1 heterocycles. The van der Waals surface area contributed by atoms with Crippen LogP contribution in [0.2, 0.25) is 0 Å². The molecule has 1 fully saturated rings. The van der Waals surface area contributed by atoms with Crippen LogP contribution < -0.4 is 4.74 Å². The van der Waals surface area contributed by atoms with Crippen molar-refractivity contribution in [3.63, 3.8) is 0 Å². The fourth-order valence-corrected chi connectivity index (χ4v) is 3.65. The zero-order valence-corrected chi connectivity index (χ0v) is 17.1. The standard InChI is InChI=1S/C22H22N2O4S/c1-3-4-12-28-18-11-6-5-8-15(18)14-19-20(25)24(2)22(29-19)23-17-10-7-9-16(13-17)21(26)27/h5-11,13-14H,3-4,12H2,1-2H3,(H,26,27)/b19-14+,23-22?. The summed E-state index contributed by atoms with van der Waals surface area (Å²) >= 11 is 1.25. The predicted octanol–water partition coefficient (Wildman–Crippen LogP) is 4.80. The average Bonchev–Trinajstić information content (AvgIpc) is 2.97. The monoisotopic (exact) mass is 410 g/mol. The fourth-order valence-electron chi connectivity index (χ4n) is 2.67. The molecule has 0 atom stereocenters. The minimum absolute atomic E-state index is 0.151. The first-order chi connectivity index (χ1) is 14.0. The highest BCUT2D eigenvalue weighted by molar-refractivity contribution is 8.18. The molecule has 6 nitrogen and oxygen atoms in total. The van der Waals surface area contributed by atoms with Crippen LogP contribution in [-0.2, 0) is 4.79 Å². The number of carboxylic acids is 1. The van der Waals surface area contributed by atoms with Crippen LogP contribution in [-0.4, -0.2) is 40.7 Å². The fraction of sp³-hybridized carbons (Fsp3) is 0.227. The molecule has 1 aliphatic rings. The number of likely N-dealkylation sites (N-methyl/N-ethyl adjacent to an activating group) is 1. The van der Waals surface area contributed by atoms with E-state index in [2.05, 4.69) is 11.9 Å². The number of hydrogen-bond donors (Lipinski definition) is 1. The third kappa shape index (κ3) is 5.06. The second-order valence-electron chi connectivity index (χ2n) is 6.46. The minimum Gasteiger partial charge on any atom is -0.493 e. The van der Waals surface area contributed by atoms with E-state index in [1.165, 1.54) is 28.8 Å². The lowest BCUT2D eigenvalue weighted by Gasteiger charge is -2.09. The van der Waals surface area contributed by atoms with Gasteiger partial charge in [0.1, 0.15) is 5.75 Å². The van der Waals surface area contributed by atoms with Gasteiger partial charge in [-0.25, -0.2) is 9.79 Å². The number of carboxylic acid groups (broad SMARTS) is 1. The Labute approximate surface area is 173 Å². The van der Waals surface area contributed by atoms with Gasteiger partial charge in [0, 0.05) is 12.6 Å². The zero-order chi connectivity index (χ0) is 20.8. The van der Waals surface area contributed by atoms with Gasteiger partial charge in [0.25, 0.3) is 5.91 Å². The Morgan fingerprint density at radius 2 is 2.03 bits per heavy atom. The number of carbonyl (C=O) groups excluding carboxylic acids is 1. The number of benzene rings is 2. The molecular weight excluding hydrogens is 388 g/mol. The van der Waals surface area contributed by atoms with Crippen molar-refractivity contribution in [3.05, 3.63) is 64.6 Å². The lowest BCUT2D eigenvalue weighted by atomic mass is 10.2. The van der Waals surface area contributed by atoms with Crippen LogP contribution in [0, 0.1) is 0 Å². The molecule has 3 rings (SSSR count). The van der Waals surface area contributed by atoms with Gasteiger partial charge in [-0.05, 0) is 48.5 Å². The SMILES string of the molecule is CCCCOc1ccccc1/C=C1/SC(=Nc2cccc(C(=O)O)c2)N(C)C1=O. The maximum absolute atomic E-state index is 12.7. The lowest BCUT2D eigenvalue weighted by molar-refractivity contribution is -0.121. The van der Waals surface area contributed by atoms with Crippen molar-refractivity contribution in [1.29, 1.82) is 0 Å². The van der Waals surface area contributed by atoms with Gasteiger partial charge in [-0.3, -0.25) is 9.69 Å². The average molecular weight is 410 g/mol. The number of para-hydroxylation sites is 1.